The summed E-state index contributed by atoms with van der Waals surface area (Å²) < 4.78 is 5.07. The van der Waals surface area contributed by atoms with E-state index in [0.717, 1.165) is 33.4 Å². The van der Waals surface area contributed by atoms with Gasteiger partial charge in [-0.2, -0.15) is 0 Å². The molecule has 0 radical (unpaired) electrons. The summed E-state index contributed by atoms with van der Waals surface area (Å²) >= 11 is 1.28. The summed E-state index contributed by atoms with van der Waals surface area (Å²) in [6.45, 7) is 0. The molecular weight excluding hydrogens is 476 g/mol. The van der Waals surface area contributed by atoms with Crippen molar-refractivity contribution in [2.75, 3.05) is 12.9 Å². The monoisotopic (exact) mass is 496 g/mol. The van der Waals surface area contributed by atoms with Gasteiger partial charge in [-0.15, -0.1) is 11.8 Å². The Morgan fingerprint density at radius 2 is 1.42 bits per heavy atom. The maximum absolute atomic E-state index is 12.2. The number of rotatable bonds is 10. The largest absolute Gasteiger partial charge is 0.497 e. The van der Waals surface area contributed by atoms with Crippen LogP contribution in [0.4, 0.5) is 0 Å². The number of aliphatic carboxylic acids is 2. The molecule has 2 atom stereocenters. The van der Waals surface area contributed by atoms with Crippen molar-refractivity contribution in [1.29, 1.82) is 0 Å². The van der Waals surface area contributed by atoms with Crippen LogP contribution >= 0.6 is 23.5 Å². The van der Waals surface area contributed by atoms with Crippen molar-refractivity contribution in [3.63, 3.8) is 0 Å². The fraction of sp³-hybridized carbons (Fsp3) is 0.200. The first-order chi connectivity index (χ1) is 15.6. The predicted octanol–water partition coefficient (Wildman–Crippen LogP) is 2.61. The van der Waals surface area contributed by atoms with Crippen LogP contribution in [0.15, 0.2) is 48.5 Å². The molecule has 13 heteroatoms. The molecule has 0 aliphatic rings. The highest BCUT2D eigenvalue weighted by atomic mass is 32.2. The quantitative estimate of drug-likeness (QED) is 0.228. The van der Waals surface area contributed by atoms with Crippen LogP contribution in [0.1, 0.15) is 10.9 Å². The molecule has 0 amide bonds. The van der Waals surface area contributed by atoms with Crippen LogP contribution in [0.2, 0.25) is 0 Å². The third-order valence-corrected chi connectivity index (χ3v) is 7.79. The number of carboxylic acids is 2. The van der Waals surface area contributed by atoms with Crippen LogP contribution in [-0.2, 0) is 13.8 Å². The van der Waals surface area contributed by atoms with Crippen molar-refractivity contribution in [3.8, 4) is 29.3 Å². The standard InChI is InChI=1S/C20H20N2O9S2/c1-31-12-4-2-11(3-5-12)20(32-10-17(27)28,22-15(25)8-9-16(22)26)33-18(19(29)30)21-13(23)6-7-14(21)24/h2-9,18,23-26H,10H2,1H3,(H,27,28)(H,29,30). The molecule has 33 heavy (non-hydrogen) atoms. The summed E-state index contributed by atoms with van der Waals surface area (Å²) in [5.74, 6) is -4.87. The van der Waals surface area contributed by atoms with E-state index in [2.05, 4.69) is 0 Å². The Hall–Kier alpha value is -3.58. The van der Waals surface area contributed by atoms with Gasteiger partial charge in [0.05, 0.1) is 12.9 Å². The highest BCUT2D eigenvalue weighted by Gasteiger charge is 2.45. The van der Waals surface area contributed by atoms with Gasteiger partial charge in [0, 0.05) is 24.3 Å². The van der Waals surface area contributed by atoms with E-state index in [0.29, 0.717) is 34.8 Å². The maximum Gasteiger partial charge on any atom is 0.337 e. The van der Waals surface area contributed by atoms with Crippen LogP contribution in [0.5, 0.6) is 29.3 Å². The van der Waals surface area contributed by atoms with Gasteiger partial charge in [-0.1, -0.05) is 23.9 Å². The fourth-order valence-corrected chi connectivity index (χ4v) is 6.09. The lowest BCUT2D eigenvalue weighted by Crippen LogP contribution is -2.32. The van der Waals surface area contributed by atoms with Gasteiger partial charge in [-0.25, -0.2) is 4.79 Å². The van der Waals surface area contributed by atoms with E-state index >= 15 is 0 Å². The number of aromatic hydroxyl groups is 4. The van der Waals surface area contributed by atoms with Gasteiger partial charge in [-0.05, 0) is 17.7 Å². The number of aromatic nitrogens is 2. The second-order valence-corrected chi connectivity index (χ2v) is 9.31. The molecule has 3 rings (SSSR count). The molecule has 0 aliphatic carbocycles. The van der Waals surface area contributed by atoms with Crippen LogP contribution < -0.4 is 4.74 Å². The topological polar surface area (TPSA) is 175 Å². The second kappa shape index (κ2) is 9.50. The molecule has 0 bridgehead atoms. The number of methoxy groups -OCH3 is 1. The Bertz CT molecular complexity index is 1120. The van der Waals surface area contributed by atoms with Gasteiger partial charge in [0.15, 0.2) is 33.1 Å². The number of carbonyl (C=O) groups is 2. The molecule has 0 saturated heterocycles. The Morgan fingerprint density at radius 3 is 1.88 bits per heavy atom. The third-order valence-electron chi connectivity index (χ3n) is 4.57. The predicted molar refractivity (Wildman–Crippen MR) is 120 cm³/mol. The lowest BCUT2D eigenvalue weighted by Gasteiger charge is -2.37. The van der Waals surface area contributed by atoms with Crippen molar-refractivity contribution in [1.82, 2.24) is 9.13 Å². The molecule has 11 nitrogen and oxygen atoms in total. The zero-order valence-corrected chi connectivity index (χ0v) is 18.7. The minimum atomic E-state index is -1.78. The average Bonchev–Trinajstić information content (AvgIpc) is 3.29. The summed E-state index contributed by atoms with van der Waals surface area (Å²) in [6, 6.07) is 10.6. The number of hydrogen-bond acceptors (Lipinski definition) is 9. The molecule has 0 aliphatic heterocycles. The van der Waals surface area contributed by atoms with Crippen molar-refractivity contribution in [3.05, 3.63) is 54.1 Å². The number of hydrogen-bond donors (Lipinski definition) is 6. The van der Waals surface area contributed by atoms with Crippen molar-refractivity contribution in [2.24, 2.45) is 0 Å². The highest BCUT2D eigenvalue weighted by molar-refractivity contribution is 8.18. The molecule has 176 valence electrons. The Kier molecular flexibility index (Phi) is 6.93. The van der Waals surface area contributed by atoms with E-state index in [4.69, 9.17) is 4.74 Å². The number of ether oxygens (including phenoxy) is 1. The molecule has 3 aromatic rings. The number of benzene rings is 1. The third kappa shape index (κ3) is 4.64. The van der Waals surface area contributed by atoms with Crippen molar-refractivity contribution >= 4 is 35.5 Å². The first-order valence-electron chi connectivity index (χ1n) is 9.21. The van der Waals surface area contributed by atoms with Gasteiger partial charge in [0.2, 0.25) is 0 Å². The zero-order chi connectivity index (χ0) is 24.3. The van der Waals surface area contributed by atoms with E-state index in [1.54, 1.807) is 12.1 Å². The first kappa shape index (κ1) is 24.1. The van der Waals surface area contributed by atoms with Gasteiger partial charge in [-0.3, -0.25) is 13.9 Å². The average molecular weight is 497 g/mol. The van der Waals surface area contributed by atoms with Crippen LogP contribution in [0.25, 0.3) is 0 Å². The Morgan fingerprint density at radius 1 is 0.909 bits per heavy atom. The van der Waals surface area contributed by atoms with Crippen LogP contribution in [0, 0.1) is 0 Å². The molecule has 1 aromatic carbocycles. The van der Waals surface area contributed by atoms with E-state index < -0.39 is 50.8 Å². The minimum absolute atomic E-state index is 0.290. The van der Waals surface area contributed by atoms with E-state index in [-0.39, 0.29) is 0 Å². The smallest absolute Gasteiger partial charge is 0.337 e. The number of thioether (sulfide) groups is 2. The number of nitrogens with zero attached hydrogens (tertiary/aromatic N) is 2. The second-order valence-electron chi connectivity index (χ2n) is 6.61. The zero-order valence-electron chi connectivity index (χ0n) is 17.0. The highest BCUT2D eigenvalue weighted by Crippen LogP contribution is 2.56. The first-order valence-corrected chi connectivity index (χ1v) is 11.1. The lowest BCUT2D eigenvalue weighted by atomic mass is 10.2. The van der Waals surface area contributed by atoms with Gasteiger partial charge in [0.25, 0.3) is 0 Å². The molecule has 2 unspecified atom stereocenters. The molecule has 0 spiro atoms. The molecular formula is C20H20N2O9S2. The molecule has 0 fully saturated rings. The molecule has 6 N–H and O–H groups in total. The Labute approximate surface area is 195 Å². The summed E-state index contributed by atoms with van der Waals surface area (Å²) in [6.07, 6.45) is 0. The summed E-state index contributed by atoms with van der Waals surface area (Å²) in [4.78, 5) is 23.7. The molecule has 2 heterocycles. The molecule has 2 aromatic heterocycles. The van der Waals surface area contributed by atoms with E-state index in [1.165, 1.54) is 19.2 Å². The minimum Gasteiger partial charge on any atom is -0.497 e. The number of carboxylic acid groups (broad SMARTS) is 2. The van der Waals surface area contributed by atoms with Crippen molar-refractivity contribution < 1.29 is 45.0 Å². The SMILES string of the molecule is COc1ccc(C(SCC(=O)O)(SC(C(=O)O)n2c(O)ccc2O)n2c(O)ccc2O)cc1. The van der Waals surface area contributed by atoms with Crippen LogP contribution in [-0.4, -0.2) is 64.6 Å². The summed E-state index contributed by atoms with van der Waals surface area (Å²) in [5, 5.41) is 59.0. The van der Waals surface area contributed by atoms with E-state index in [9.17, 15) is 40.2 Å². The summed E-state index contributed by atoms with van der Waals surface area (Å²) in [7, 11) is 1.44. The lowest BCUT2D eigenvalue weighted by molar-refractivity contribution is -0.138. The van der Waals surface area contributed by atoms with Gasteiger partial charge in [0.1, 0.15) is 5.75 Å². The summed E-state index contributed by atoms with van der Waals surface area (Å²) in [5.41, 5.74) is 0.290. The normalized spacial score (nSPS) is 13.8. The van der Waals surface area contributed by atoms with Crippen molar-refractivity contribution in [2.45, 2.75) is 9.58 Å². The van der Waals surface area contributed by atoms with Gasteiger partial charge < -0.3 is 35.4 Å². The Balaban J connectivity index is 2.29. The molecule has 0 saturated carbocycles. The maximum atomic E-state index is 12.2. The van der Waals surface area contributed by atoms with Gasteiger partial charge >= 0.3 is 11.9 Å². The van der Waals surface area contributed by atoms with Crippen LogP contribution in [0.3, 0.4) is 0 Å². The van der Waals surface area contributed by atoms with E-state index in [1.807, 2.05) is 0 Å². The fourth-order valence-electron chi connectivity index (χ4n) is 3.14.